The van der Waals surface area contributed by atoms with Crippen molar-refractivity contribution in [2.24, 2.45) is 0 Å². The molecule has 20 rings (SSSR count). The summed E-state index contributed by atoms with van der Waals surface area (Å²) in [6, 6.07) is 81.5. The molecule has 0 saturated carbocycles. The highest BCUT2D eigenvalue weighted by molar-refractivity contribution is 6.05. The molecule has 0 aliphatic carbocycles. The van der Waals surface area contributed by atoms with E-state index in [1.807, 2.05) is 0 Å². The van der Waals surface area contributed by atoms with Gasteiger partial charge in [-0.2, -0.15) is 0 Å². The van der Waals surface area contributed by atoms with Gasteiger partial charge in [-0.1, -0.05) is 203 Å². The van der Waals surface area contributed by atoms with E-state index in [0.717, 1.165) is 179 Å². The lowest BCUT2D eigenvalue weighted by Gasteiger charge is -2.14. The molecule has 6 aromatic heterocycles. The van der Waals surface area contributed by atoms with Crippen LogP contribution in [0.2, 0.25) is 0 Å². The van der Waals surface area contributed by atoms with Gasteiger partial charge in [0.15, 0.2) is 0 Å². The normalized spacial score (nSPS) is 12.2. The predicted octanol–water partition coefficient (Wildman–Crippen LogP) is 31.5. The summed E-state index contributed by atoms with van der Waals surface area (Å²) >= 11 is 0. The minimum atomic E-state index is 0.873. The highest BCUT2D eigenvalue weighted by Crippen LogP contribution is 2.48. The number of aryl methyl sites for hydroxylation is 18. The van der Waals surface area contributed by atoms with Crippen LogP contribution >= 0.6 is 0 Å². The Hall–Kier alpha value is -14.6. The second-order valence-corrected chi connectivity index (χ2v) is 36.0. The molecule has 0 radical (unpaired) electrons. The molecule has 8 nitrogen and oxygen atoms in total. The van der Waals surface area contributed by atoms with E-state index in [1.165, 1.54) is 134 Å². The van der Waals surface area contributed by atoms with Crippen molar-refractivity contribution in [1.82, 2.24) is 39.9 Å². The molecule has 8 heteroatoms. The van der Waals surface area contributed by atoms with Crippen LogP contribution in [-0.2, 0) is 0 Å². The van der Waals surface area contributed by atoms with E-state index < -0.39 is 0 Å². The summed E-state index contributed by atoms with van der Waals surface area (Å²) in [5.74, 6) is 0. The van der Waals surface area contributed by atoms with Gasteiger partial charge in [0.25, 0.3) is 0 Å². The Morgan fingerprint density at radius 2 is 0.254 bits per heavy atom. The Morgan fingerprint density at radius 3 is 0.397 bits per heavy atom. The van der Waals surface area contributed by atoms with Crippen LogP contribution < -0.4 is 0 Å². The minimum Gasteiger partial charge on any atom is -0.354 e. The molecule has 10 aromatic carbocycles. The first-order valence-electron chi connectivity index (χ1n) is 44.0. The summed E-state index contributed by atoms with van der Waals surface area (Å²) in [5, 5.41) is 0. The molecule has 126 heavy (non-hydrogen) atoms. The number of hydrogen-bond donors (Lipinski definition) is 4. The zero-order valence-electron chi connectivity index (χ0n) is 75.2. The summed E-state index contributed by atoms with van der Waals surface area (Å²) in [6.45, 7) is 39.9. The summed E-state index contributed by atoms with van der Waals surface area (Å²) in [6.07, 6.45) is 17.7. The van der Waals surface area contributed by atoms with Crippen LogP contribution in [0.4, 0.5) is 0 Å². The number of aromatic amines is 4. The van der Waals surface area contributed by atoms with Crippen molar-refractivity contribution in [2.45, 2.75) is 125 Å². The first-order chi connectivity index (χ1) is 60.8. The molecule has 0 saturated heterocycles. The first-order valence-corrected chi connectivity index (χ1v) is 44.0. The standard InChI is InChI=1S/C118H102N8/c1-63-51-69(7)105(70(8)52-63)113-93-39-35-89(119-93)111(90-36-40-94(120-90)114(106-71(9)53-64(2)54-72(106)10)98-44-48-102(124-98)117(101-47-43-97(113)123-101)109-77(15)59-67(5)60-78(109)16)87-31-27-85(28-32-87)83-23-19-81(20-24-83)82-21-25-84(26-22-82)86-29-33-88(34-30-86)112-91-37-41-95(121-91)115(107-73(11)55-65(3)56-74(107)12)99-45-49-103(125-99)118(110-79(17)61-68(6)62-80(110)18)104-50-46-100(126-104)116(96-42-38-92(112)122-96)108-75(13)57-66(4)58-76(108)14/h19-62,119,121,124,126H,1-18H3. The van der Waals surface area contributed by atoms with E-state index in [-0.39, 0.29) is 0 Å². The van der Waals surface area contributed by atoms with Gasteiger partial charge in [0, 0.05) is 88.6 Å². The van der Waals surface area contributed by atoms with Crippen molar-refractivity contribution >= 4 is 92.7 Å². The topological polar surface area (TPSA) is 115 Å². The molecule has 16 bridgehead atoms. The third-order valence-corrected chi connectivity index (χ3v) is 26.2. The maximum atomic E-state index is 5.76. The van der Waals surface area contributed by atoms with Gasteiger partial charge in [-0.05, 0) is 366 Å². The highest BCUT2D eigenvalue weighted by atomic mass is 14.8. The molecule has 4 N–H and O–H groups in total. The zero-order chi connectivity index (χ0) is 87.1. The van der Waals surface area contributed by atoms with Gasteiger partial charge in [-0.15, -0.1) is 0 Å². The van der Waals surface area contributed by atoms with Crippen molar-refractivity contribution in [2.75, 3.05) is 0 Å². The fourth-order valence-corrected chi connectivity index (χ4v) is 21.4. The van der Waals surface area contributed by atoms with Crippen molar-refractivity contribution in [3.8, 4) is 122 Å². The largest absolute Gasteiger partial charge is 0.354 e. The lowest BCUT2D eigenvalue weighted by atomic mass is 9.92. The van der Waals surface area contributed by atoms with Gasteiger partial charge in [-0.25, -0.2) is 19.9 Å². The quantitative estimate of drug-likeness (QED) is 0.103. The molecule has 10 heterocycles. The maximum Gasteiger partial charge on any atom is 0.0737 e. The van der Waals surface area contributed by atoms with E-state index in [1.54, 1.807) is 0 Å². The molecule has 0 unspecified atom stereocenters. The summed E-state index contributed by atoms with van der Waals surface area (Å²) < 4.78 is 0. The first kappa shape index (κ1) is 79.8. The van der Waals surface area contributed by atoms with Crippen LogP contribution in [0, 0.1) is 125 Å². The number of fused-ring (bicyclic) bond motifs is 16. The third kappa shape index (κ3) is 14.2. The lowest BCUT2D eigenvalue weighted by molar-refractivity contribution is 1.27. The number of nitrogens with one attached hydrogen (secondary N) is 4. The summed E-state index contributed by atoms with van der Waals surface area (Å²) in [5.41, 5.74) is 61.1. The average molecular weight is 1630 g/mol. The van der Waals surface area contributed by atoms with Crippen LogP contribution in [0.5, 0.6) is 0 Å². The Morgan fingerprint density at radius 1 is 0.135 bits per heavy atom. The molecule has 0 fully saturated rings. The second kappa shape index (κ2) is 31.3. The van der Waals surface area contributed by atoms with Gasteiger partial charge in [0.05, 0.1) is 45.6 Å². The number of hydrogen-bond acceptors (Lipinski definition) is 4. The van der Waals surface area contributed by atoms with Crippen LogP contribution in [0.1, 0.15) is 146 Å². The summed E-state index contributed by atoms with van der Waals surface area (Å²) in [4.78, 5) is 39.2. The van der Waals surface area contributed by atoms with E-state index in [0.29, 0.717) is 0 Å². The lowest BCUT2D eigenvalue weighted by Crippen LogP contribution is -1.96. The van der Waals surface area contributed by atoms with Crippen molar-refractivity contribution < 1.29 is 0 Å². The molecule has 0 spiro atoms. The SMILES string of the molecule is Cc1cc(C)c(-c2c3nc(c(-c4c(C)cc(C)cc4C)c4ccc([nH]4)c(-c4c(C)cc(C)cc4C)c4nc(c(-c5ccc(-c6ccc(-c7ccc(-c8ccc(-c9c%10nc(c(-c%11c(C)cc(C)cc%11C)c%11ccc([nH]%11)c(-c%11c(C)cc(C)cc%11C)c%11nc(c(-c%12c(C)cc(C)cc%12C)c%12ccc9[nH]%12)C=C%11)C=C%10)cc8)cc7)cc6)cc5)c5ccc2[nH]5)C=C4)C=C3)c(C)c1. The van der Waals surface area contributed by atoms with E-state index >= 15 is 0 Å². The van der Waals surface area contributed by atoms with Gasteiger partial charge in [0.2, 0.25) is 0 Å². The van der Waals surface area contributed by atoms with E-state index in [9.17, 15) is 0 Å². The van der Waals surface area contributed by atoms with Crippen LogP contribution in [0.15, 0.2) is 218 Å². The molecular weight excluding hydrogens is 1530 g/mol. The number of aromatic nitrogens is 8. The van der Waals surface area contributed by atoms with E-state index in [4.69, 9.17) is 19.9 Å². The van der Waals surface area contributed by atoms with Gasteiger partial charge < -0.3 is 19.9 Å². The monoisotopic (exact) mass is 1630 g/mol. The minimum absolute atomic E-state index is 0.873. The third-order valence-electron chi connectivity index (χ3n) is 26.2. The molecule has 614 valence electrons. The van der Waals surface area contributed by atoms with Gasteiger partial charge in [0.1, 0.15) is 0 Å². The predicted molar refractivity (Wildman–Crippen MR) is 536 cm³/mol. The van der Waals surface area contributed by atoms with Crippen LogP contribution in [-0.4, -0.2) is 39.9 Å². The average Bonchev–Trinajstić information content (AvgIpc) is 1.59. The molecule has 0 amide bonds. The zero-order valence-corrected chi connectivity index (χ0v) is 75.2. The molecule has 16 aromatic rings. The fraction of sp³-hybridized carbons (Fsp3) is 0.153. The highest BCUT2D eigenvalue weighted by Gasteiger charge is 2.28. The Balaban J connectivity index is 0.669. The maximum absolute atomic E-state index is 5.76. The van der Waals surface area contributed by atoms with Gasteiger partial charge in [-0.3, -0.25) is 0 Å². The Bertz CT molecular complexity index is 7130. The molecule has 0 atom stereocenters. The van der Waals surface area contributed by atoms with E-state index in [2.05, 4.69) is 412 Å². The van der Waals surface area contributed by atoms with Gasteiger partial charge >= 0.3 is 0 Å². The van der Waals surface area contributed by atoms with Crippen molar-refractivity contribution in [3.05, 3.63) is 364 Å². The fourth-order valence-electron chi connectivity index (χ4n) is 21.4. The molecule has 4 aliphatic rings. The molecular formula is C118H102N8. The second-order valence-electron chi connectivity index (χ2n) is 36.0. The number of benzene rings is 10. The number of nitrogens with zero attached hydrogens (tertiary/aromatic N) is 4. The summed E-state index contributed by atoms with van der Waals surface area (Å²) in [7, 11) is 0. The Kier molecular flexibility index (Phi) is 19.8. The number of rotatable bonds is 11. The Labute approximate surface area is 738 Å². The number of H-pyrrole nitrogens is 4. The van der Waals surface area contributed by atoms with Crippen LogP contribution in [0.3, 0.4) is 0 Å². The smallest absolute Gasteiger partial charge is 0.0737 e. The van der Waals surface area contributed by atoms with Crippen LogP contribution in [0.25, 0.3) is 215 Å². The van der Waals surface area contributed by atoms with Crippen molar-refractivity contribution in [3.63, 3.8) is 0 Å². The molecule has 4 aliphatic heterocycles. The van der Waals surface area contributed by atoms with Crippen molar-refractivity contribution in [1.29, 1.82) is 0 Å².